The topological polar surface area (TPSA) is 53.1 Å². The highest BCUT2D eigenvalue weighted by Gasteiger charge is 2.04. The number of hydrogen-bond acceptors (Lipinski definition) is 2. The SMILES string of the molecule is O=c1[nH]c2ccc(O)cc2c2ccccc12. The smallest absolute Gasteiger partial charge is 0.256 e. The van der Waals surface area contributed by atoms with Gasteiger partial charge in [-0.1, -0.05) is 18.2 Å². The van der Waals surface area contributed by atoms with E-state index in [0.29, 0.717) is 5.39 Å². The molecule has 16 heavy (non-hydrogen) atoms. The molecule has 0 aliphatic carbocycles. The molecule has 3 nitrogen and oxygen atoms in total. The number of rotatable bonds is 0. The number of nitrogens with one attached hydrogen (secondary N) is 1. The first-order valence-corrected chi connectivity index (χ1v) is 4.99. The lowest BCUT2D eigenvalue weighted by Crippen LogP contribution is -2.05. The Kier molecular flexibility index (Phi) is 1.74. The maximum atomic E-state index is 11.8. The lowest BCUT2D eigenvalue weighted by molar-refractivity contribution is 0.476. The quantitative estimate of drug-likeness (QED) is 0.561. The van der Waals surface area contributed by atoms with Gasteiger partial charge in [0.25, 0.3) is 5.56 Å². The largest absolute Gasteiger partial charge is 0.508 e. The average molecular weight is 211 g/mol. The zero-order chi connectivity index (χ0) is 11.1. The Hall–Kier alpha value is -2.29. The summed E-state index contributed by atoms with van der Waals surface area (Å²) in [4.78, 5) is 14.6. The Morgan fingerprint density at radius 1 is 0.938 bits per heavy atom. The first kappa shape index (κ1) is 8.97. The maximum absolute atomic E-state index is 11.8. The van der Waals surface area contributed by atoms with Crippen molar-refractivity contribution in [3.63, 3.8) is 0 Å². The molecule has 2 N–H and O–H groups in total. The Balaban J connectivity index is 2.66. The van der Waals surface area contributed by atoms with Crippen molar-refractivity contribution < 1.29 is 5.11 Å². The highest BCUT2D eigenvalue weighted by atomic mass is 16.3. The van der Waals surface area contributed by atoms with Gasteiger partial charge >= 0.3 is 0 Å². The highest BCUT2D eigenvalue weighted by Crippen LogP contribution is 2.24. The molecular formula is C13H9NO2. The van der Waals surface area contributed by atoms with E-state index in [1.54, 1.807) is 24.3 Å². The number of aromatic nitrogens is 1. The summed E-state index contributed by atoms with van der Waals surface area (Å²) in [7, 11) is 0. The van der Waals surface area contributed by atoms with Gasteiger partial charge in [0.05, 0.1) is 0 Å². The van der Waals surface area contributed by atoms with Crippen LogP contribution < -0.4 is 5.56 Å². The van der Waals surface area contributed by atoms with Crippen LogP contribution in [0.3, 0.4) is 0 Å². The van der Waals surface area contributed by atoms with Gasteiger partial charge in [-0.3, -0.25) is 4.79 Å². The molecule has 1 heterocycles. The minimum Gasteiger partial charge on any atom is -0.508 e. The van der Waals surface area contributed by atoms with Crippen molar-refractivity contribution in [2.24, 2.45) is 0 Å². The average Bonchev–Trinajstić information content (AvgIpc) is 2.31. The van der Waals surface area contributed by atoms with Gasteiger partial charge in [0.1, 0.15) is 5.75 Å². The lowest BCUT2D eigenvalue weighted by atomic mass is 10.1. The Morgan fingerprint density at radius 3 is 2.50 bits per heavy atom. The molecule has 0 spiro atoms. The van der Waals surface area contributed by atoms with E-state index in [2.05, 4.69) is 4.98 Å². The van der Waals surface area contributed by atoms with E-state index in [1.165, 1.54) is 0 Å². The first-order chi connectivity index (χ1) is 7.75. The van der Waals surface area contributed by atoms with Crippen molar-refractivity contribution in [1.82, 2.24) is 4.98 Å². The fourth-order valence-electron chi connectivity index (χ4n) is 1.97. The van der Waals surface area contributed by atoms with Gasteiger partial charge in [0.15, 0.2) is 0 Å². The molecule has 78 valence electrons. The van der Waals surface area contributed by atoms with Crippen LogP contribution in [-0.4, -0.2) is 10.1 Å². The molecule has 0 atom stereocenters. The van der Waals surface area contributed by atoms with Crippen LogP contribution in [0, 0.1) is 0 Å². The normalized spacial score (nSPS) is 11.0. The summed E-state index contributed by atoms with van der Waals surface area (Å²) in [5, 5.41) is 11.8. The van der Waals surface area contributed by atoms with E-state index in [-0.39, 0.29) is 11.3 Å². The Labute approximate surface area is 91.0 Å². The molecule has 2 aromatic carbocycles. The fourth-order valence-corrected chi connectivity index (χ4v) is 1.97. The number of aromatic hydroxyl groups is 1. The molecule has 0 aliphatic rings. The summed E-state index contributed by atoms with van der Waals surface area (Å²) >= 11 is 0. The van der Waals surface area contributed by atoms with Crippen LogP contribution in [0.5, 0.6) is 5.75 Å². The minimum absolute atomic E-state index is 0.103. The van der Waals surface area contributed by atoms with Crippen LogP contribution in [0.2, 0.25) is 0 Å². The molecule has 0 radical (unpaired) electrons. The van der Waals surface area contributed by atoms with Gasteiger partial charge in [-0.05, 0) is 29.7 Å². The molecule has 0 saturated carbocycles. The van der Waals surface area contributed by atoms with Crippen molar-refractivity contribution in [2.45, 2.75) is 0 Å². The molecule has 1 aromatic heterocycles. The number of aromatic amines is 1. The number of hydrogen-bond donors (Lipinski definition) is 2. The molecule has 0 amide bonds. The maximum Gasteiger partial charge on any atom is 0.256 e. The van der Waals surface area contributed by atoms with Gasteiger partial charge < -0.3 is 10.1 Å². The third-order valence-electron chi connectivity index (χ3n) is 2.71. The molecule has 0 saturated heterocycles. The third-order valence-corrected chi connectivity index (χ3v) is 2.71. The van der Waals surface area contributed by atoms with Crippen molar-refractivity contribution in [2.75, 3.05) is 0 Å². The van der Waals surface area contributed by atoms with Crippen LogP contribution in [0.1, 0.15) is 0 Å². The predicted octanol–water partition coefficient (Wildman–Crippen LogP) is 2.39. The Bertz CT molecular complexity index is 744. The number of H-pyrrole nitrogens is 1. The fraction of sp³-hybridized carbons (Fsp3) is 0. The number of fused-ring (bicyclic) bond motifs is 3. The molecule has 3 rings (SSSR count). The third kappa shape index (κ3) is 1.18. The van der Waals surface area contributed by atoms with E-state index >= 15 is 0 Å². The van der Waals surface area contributed by atoms with E-state index in [1.807, 2.05) is 18.2 Å². The highest BCUT2D eigenvalue weighted by molar-refractivity contribution is 6.05. The molecule has 0 unspecified atom stereocenters. The van der Waals surface area contributed by atoms with Crippen molar-refractivity contribution in [3.05, 3.63) is 52.8 Å². The summed E-state index contributed by atoms with van der Waals surface area (Å²) < 4.78 is 0. The van der Waals surface area contributed by atoms with Gasteiger partial charge in [0.2, 0.25) is 0 Å². The van der Waals surface area contributed by atoms with Gasteiger partial charge in [-0.25, -0.2) is 0 Å². The Morgan fingerprint density at radius 2 is 1.69 bits per heavy atom. The van der Waals surface area contributed by atoms with Crippen LogP contribution in [0.4, 0.5) is 0 Å². The predicted molar refractivity (Wildman–Crippen MR) is 63.7 cm³/mol. The monoisotopic (exact) mass is 211 g/mol. The second-order valence-corrected chi connectivity index (χ2v) is 3.73. The van der Waals surface area contributed by atoms with E-state index < -0.39 is 0 Å². The van der Waals surface area contributed by atoms with Gasteiger partial charge in [-0.2, -0.15) is 0 Å². The lowest BCUT2D eigenvalue weighted by Gasteiger charge is -2.03. The number of benzene rings is 2. The standard InChI is InChI=1S/C13H9NO2/c15-8-5-6-12-11(7-8)9-3-1-2-4-10(9)13(16)14-12/h1-7,15H,(H,14,16). The van der Waals surface area contributed by atoms with E-state index in [0.717, 1.165) is 16.3 Å². The summed E-state index contributed by atoms with van der Waals surface area (Å²) in [6.45, 7) is 0. The summed E-state index contributed by atoms with van der Waals surface area (Å²) in [6.07, 6.45) is 0. The number of phenols is 1. The summed E-state index contributed by atoms with van der Waals surface area (Å²) in [6, 6.07) is 12.3. The number of pyridine rings is 1. The summed E-state index contributed by atoms with van der Waals surface area (Å²) in [5.41, 5.74) is 0.635. The van der Waals surface area contributed by atoms with E-state index in [9.17, 15) is 9.90 Å². The number of phenolic OH excluding ortho intramolecular Hbond substituents is 1. The molecular weight excluding hydrogens is 202 g/mol. The van der Waals surface area contributed by atoms with Crippen LogP contribution in [-0.2, 0) is 0 Å². The van der Waals surface area contributed by atoms with Gasteiger partial charge in [0, 0.05) is 16.3 Å². The zero-order valence-corrected chi connectivity index (χ0v) is 8.40. The van der Waals surface area contributed by atoms with Crippen LogP contribution >= 0.6 is 0 Å². The first-order valence-electron chi connectivity index (χ1n) is 4.99. The molecule has 0 aliphatic heterocycles. The molecule has 3 heteroatoms. The minimum atomic E-state index is -0.103. The second-order valence-electron chi connectivity index (χ2n) is 3.73. The summed E-state index contributed by atoms with van der Waals surface area (Å²) in [5.74, 6) is 0.199. The molecule has 3 aromatic rings. The molecule has 0 bridgehead atoms. The van der Waals surface area contributed by atoms with E-state index in [4.69, 9.17) is 0 Å². The molecule has 0 fully saturated rings. The van der Waals surface area contributed by atoms with Crippen molar-refractivity contribution >= 4 is 21.7 Å². The van der Waals surface area contributed by atoms with Crippen LogP contribution in [0.15, 0.2) is 47.3 Å². The van der Waals surface area contributed by atoms with Crippen molar-refractivity contribution in [3.8, 4) is 5.75 Å². The van der Waals surface area contributed by atoms with Crippen molar-refractivity contribution in [1.29, 1.82) is 0 Å². The van der Waals surface area contributed by atoms with Gasteiger partial charge in [-0.15, -0.1) is 0 Å². The van der Waals surface area contributed by atoms with Crippen LogP contribution in [0.25, 0.3) is 21.7 Å². The zero-order valence-electron chi connectivity index (χ0n) is 8.40. The second kappa shape index (κ2) is 3.10.